The second-order valence-corrected chi connectivity index (χ2v) is 18.5. The van der Waals surface area contributed by atoms with Gasteiger partial charge in [-0.2, -0.15) is 0 Å². The summed E-state index contributed by atoms with van der Waals surface area (Å²) in [6.45, 7) is 0. The molecule has 0 N–H and O–H groups in total. The standard InChI is InChI=1S/C68H44N2O/c1-2-15-57-48(12-1)24-25-52-43-53(33-40-58(52)57)59-16-3-7-20-64(59)69(55-36-28-47(29-37-55)51-32-41-63-62-19-6-10-23-67(62)71-68(63)44-51)54-34-26-45(27-35-54)49-13-11-14-50(42-49)46-30-38-56(39-31-46)70-65-21-8-4-17-60(65)61-18-5-9-22-66(61)70/h1-44H. The molecule has 12 aromatic carbocycles. The highest BCUT2D eigenvalue weighted by atomic mass is 16.3. The summed E-state index contributed by atoms with van der Waals surface area (Å²) in [4.78, 5) is 2.39. The van der Waals surface area contributed by atoms with Gasteiger partial charge in [0.25, 0.3) is 0 Å². The van der Waals surface area contributed by atoms with Gasteiger partial charge in [-0.05, 0) is 145 Å². The number of hydrogen-bond acceptors (Lipinski definition) is 2. The summed E-state index contributed by atoms with van der Waals surface area (Å²) in [6, 6.07) is 96.8. The van der Waals surface area contributed by atoms with Crippen LogP contribution < -0.4 is 4.90 Å². The van der Waals surface area contributed by atoms with Crippen LogP contribution in [0, 0.1) is 0 Å². The molecule has 0 radical (unpaired) electrons. The lowest BCUT2D eigenvalue weighted by Crippen LogP contribution is -2.11. The van der Waals surface area contributed by atoms with Crippen molar-refractivity contribution in [2.45, 2.75) is 0 Å². The monoisotopic (exact) mass is 904 g/mol. The molecule has 0 spiro atoms. The first-order valence-corrected chi connectivity index (χ1v) is 24.3. The third-order valence-electron chi connectivity index (χ3n) is 14.4. The molecule has 3 heteroatoms. The van der Waals surface area contributed by atoms with Crippen molar-refractivity contribution in [3.05, 3.63) is 267 Å². The Bertz CT molecular complexity index is 4280. The lowest BCUT2D eigenvalue weighted by molar-refractivity contribution is 0.669. The van der Waals surface area contributed by atoms with Gasteiger partial charge >= 0.3 is 0 Å². The topological polar surface area (TPSA) is 21.3 Å². The molecule has 14 rings (SSSR count). The fraction of sp³-hybridized carbons (Fsp3) is 0. The van der Waals surface area contributed by atoms with Crippen LogP contribution in [0.1, 0.15) is 0 Å². The molecule has 0 amide bonds. The predicted octanol–water partition coefficient (Wildman–Crippen LogP) is 19.1. The zero-order chi connectivity index (χ0) is 46.8. The predicted molar refractivity (Wildman–Crippen MR) is 299 cm³/mol. The van der Waals surface area contributed by atoms with Gasteiger partial charge in [-0.1, -0.05) is 182 Å². The van der Waals surface area contributed by atoms with E-state index in [0.29, 0.717) is 0 Å². The largest absolute Gasteiger partial charge is 0.456 e. The first kappa shape index (κ1) is 40.6. The number of benzene rings is 12. The molecule has 0 saturated heterocycles. The van der Waals surface area contributed by atoms with Crippen LogP contribution in [0.4, 0.5) is 17.1 Å². The summed E-state index contributed by atoms with van der Waals surface area (Å²) in [5, 5.41) is 9.80. The summed E-state index contributed by atoms with van der Waals surface area (Å²) in [6.07, 6.45) is 0. The number of nitrogens with zero attached hydrogens (tertiary/aromatic N) is 2. The summed E-state index contributed by atoms with van der Waals surface area (Å²) in [7, 11) is 0. The maximum absolute atomic E-state index is 6.30. The third kappa shape index (κ3) is 6.97. The number of fused-ring (bicyclic) bond motifs is 9. The van der Waals surface area contributed by atoms with Gasteiger partial charge in [0, 0.05) is 44.2 Å². The molecular formula is C68H44N2O. The van der Waals surface area contributed by atoms with Crippen molar-refractivity contribution in [2.75, 3.05) is 4.90 Å². The minimum absolute atomic E-state index is 0.894. The Morgan fingerprint density at radius 1 is 0.282 bits per heavy atom. The highest BCUT2D eigenvalue weighted by Gasteiger charge is 2.19. The highest BCUT2D eigenvalue weighted by molar-refractivity contribution is 6.10. The van der Waals surface area contributed by atoms with Crippen LogP contribution >= 0.6 is 0 Å². The number of anilines is 3. The van der Waals surface area contributed by atoms with Gasteiger partial charge in [0.2, 0.25) is 0 Å². The first-order chi connectivity index (χ1) is 35.2. The number of aromatic nitrogens is 1. The van der Waals surface area contributed by atoms with Crippen molar-refractivity contribution in [2.24, 2.45) is 0 Å². The van der Waals surface area contributed by atoms with E-state index in [-0.39, 0.29) is 0 Å². The summed E-state index contributed by atoms with van der Waals surface area (Å²) < 4.78 is 8.67. The van der Waals surface area contributed by atoms with Crippen molar-refractivity contribution < 1.29 is 4.42 Å². The Labute approximate surface area is 411 Å². The summed E-state index contributed by atoms with van der Waals surface area (Å²) in [5.74, 6) is 0. The van der Waals surface area contributed by atoms with Gasteiger partial charge in [0.15, 0.2) is 0 Å². The van der Waals surface area contributed by atoms with Crippen molar-refractivity contribution in [1.29, 1.82) is 0 Å². The average Bonchev–Trinajstić information content (AvgIpc) is 3.99. The van der Waals surface area contributed by atoms with E-state index in [0.717, 1.165) is 66.9 Å². The number of furan rings is 1. The molecule has 14 aromatic rings. The molecule has 3 nitrogen and oxygen atoms in total. The van der Waals surface area contributed by atoms with Crippen molar-refractivity contribution in [3.8, 4) is 50.2 Å². The van der Waals surface area contributed by atoms with Gasteiger partial charge in [-0.25, -0.2) is 0 Å². The maximum Gasteiger partial charge on any atom is 0.136 e. The molecule has 0 atom stereocenters. The van der Waals surface area contributed by atoms with E-state index < -0.39 is 0 Å². The molecule has 0 aliphatic rings. The Morgan fingerprint density at radius 3 is 1.48 bits per heavy atom. The van der Waals surface area contributed by atoms with Crippen LogP contribution in [0.5, 0.6) is 0 Å². The average molecular weight is 905 g/mol. The maximum atomic E-state index is 6.30. The Morgan fingerprint density at radius 2 is 0.775 bits per heavy atom. The zero-order valence-electron chi connectivity index (χ0n) is 38.7. The van der Waals surface area contributed by atoms with E-state index in [1.165, 1.54) is 65.6 Å². The fourth-order valence-electron chi connectivity index (χ4n) is 10.9. The van der Waals surface area contributed by atoms with Crippen LogP contribution in [0.25, 0.3) is 115 Å². The van der Waals surface area contributed by atoms with E-state index in [9.17, 15) is 0 Å². The number of rotatable bonds is 8. The molecule has 0 unspecified atom stereocenters. The van der Waals surface area contributed by atoms with Crippen molar-refractivity contribution in [1.82, 2.24) is 4.57 Å². The van der Waals surface area contributed by atoms with Crippen LogP contribution in [-0.4, -0.2) is 4.57 Å². The van der Waals surface area contributed by atoms with E-state index in [1.54, 1.807) is 0 Å². The van der Waals surface area contributed by atoms with Gasteiger partial charge in [0.05, 0.1) is 16.7 Å². The van der Waals surface area contributed by atoms with E-state index in [4.69, 9.17) is 4.42 Å². The van der Waals surface area contributed by atoms with Gasteiger partial charge in [-0.15, -0.1) is 0 Å². The molecule has 332 valence electrons. The Balaban J connectivity index is 0.825. The van der Waals surface area contributed by atoms with Crippen LogP contribution in [0.2, 0.25) is 0 Å². The van der Waals surface area contributed by atoms with Gasteiger partial charge in [-0.3, -0.25) is 0 Å². The molecule has 2 aromatic heterocycles. The van der Waals surface area contributed by atoms with Crippen LogP contribution in [-0.2, 0) is 0 Å². The Hall–Kier alpha value is -9.44. The van der Waals surface area contributed by atoms with E-state index in [2.05, 4.69) is 264 Å². The van der Waals surface area contributed by atoms with Crippen LogP contribution in [0.15, 0.2) is 271 Å². The Kier molecular flexibility index (Phi) is 9.53. The minimum atomic E-state index is 0.894. The molecular weight excluding hydrogens is 861 g/mol. The molecule has 0 bridgehead atoms. The van der Waals surface area contributed by atoms with Crippen LogP contribution in [0.3, 0.4) is 0 Å². The first-order valence-electron chi connectivity index (χ1n) is 24.3. The van der Waals surface area contributed by atoms with Gasteiger partial charge < -0.3 is 13.9 Å². The molecule has 0 aliphatic carbocycles. The number of para-hydroxylation sites is 4. The molecule has 0 saturated carbocycles. The zero-order valence-corrected chi connectivity index (χ0v) is 38.7. The fourth-order valence-corrected chi connectivity index (χ4v) is 10.9. The SMILES string of the molecule is c1cc(-c2ccc(N(c3ccc(-c4ccc5c(c4)oc4ccccc45)cc3)c3ccccc3-c3ccc4c(ccc5ccccc54)c3)cc2)cc(-c2ccc(-n3c4ccccc4c4ccccc43)cc2)c1. The highest BCUT2D eigenvalue weighted by Crippen LogP contribution is 2.44. The molecule has 0 aliphatic heterocycles. The normalized spacial score (nSPS) is 11.7. The minimum Gasteiger partial charge on any atom is -0.456 e. The molecule has 2 heterocycles. The quantitative estimate of drug-likeness (QED) is 0.142. The molecule has 71 heavy (non-hydrogen) atoms. The van der Waals surface area contributed by atoms with Crippen molar-refractivity contribution >= 4 is 82.4 Å². The second-order valence-electron chi connectivity index (χ2n) is 18.5. The van der Waals surface area contributed by atoms with Gasteiger partial charge in [0.1, 0.15) is 11.2 Å². The lowest BCUT2D eigenvalue weighted by atomic mass is 9.96. The van der Waals surface area contributed by atoms with Crippen molar-refractivity contribution in [3.63, 3.8) is 0 Å². The lowest BCUT2D eigenvalue weighted by Gasteiger charge is -2.28. The molecule has 0 fully saturated rings. The summed E-state index contributed by atoms with van der Waals surface area (Å²) in [5.41, 5.74) is 17.9. The number of hydrogen-bond donors (Lipinski definition) is 0. The van der Waals surface area contributed by atoms with E-state index >= 15 is 0 Å². The second kappa shape index (κ2) is 16.7. The third-order valence-corrected chi connectivity index (χ3v) is 14.4. The summed E-state index contributed by atoms with van der Waals surface area (Å²) >= 11 is 0. The smallest absolute Gasteiger partial charge is 0.136 e. The van der Waals surface area contributed by atoms with E-state index in [1.807, 2.05) is 12.1 Å².